The van der Waals surface area contributed by atoms with E-state index in [2.05, 4.69) is 15.4 Å². The van der Waals surface area contributed by atoms with E-state index in [1.165, 1.54) is 0 Å². The van der Waals surface area contributed by atoms with Crippen LogP contribution in [0.2, 0.25) is 0 Å². The first kappa shape index (κ1) is 18.6. The maximum Gasteiger partial charge on any atom is 0.240 e. The lowest BCUT2D eigenvalue weighted by atomic mass is 10.2. The highest BCUT2D eigenvalue weighted by atomic mass is 32.2. The molecule has 22 heavy (non-hydrogen) atoms. The second kappa shape index (κ2) is 9.52. The van der Waals surface area contributed by atoms with Crippen molar-refractivity contribution in [3.63, 3.8) is 0 Å². The van der Waals surface area contributed by atoms with Gasteiger partial charge in [0.15, 0.2) is 0 Å². The lowest BCUT2D eigenvalue weighted by molar-refractivity contribution is -0.120. The Kier molecular flexibility index (Phi) is 8.03. The van der Waals surface area contributed by atoms with E-state index in [1.54, 1.807) is 31.4 Å². The number of methoxy groups -OCH3 is 1. The smallest absolute Gasteiger partial charge is 0.240 e. The Hall–Kier alpha value is -1.48. The monoisotopic (exact) mass is 329 g/mol. The van der Waals surface area contributed by atoms with Crippen LogP contribution >= 0.6 is 0 Å². The molecule has 0 aliphatic carbocycles. The standard InChI is InChI=1S/C14H23N3O4S/c1-12-3-5-13(6-4-12)22(19,20)17-8-7-16-14(18)11-15-9-10-21-2/h3-6,15,17H,7-11H2,1-2H3,(H,16,18). The summed E-state index contributed by atoms with van der Waals surface area (Å²) < 4.78 is 31.2. The Balaban J connectivity index is 2.26. The second-order valence-corrected chi connectivity index (χ2v) is 6.50. The van der Waals surface area contributed by atoms with E-state index in [-0.39, 0.29) is 30.4 Å². The Labute approximate surface area is 131 Å². The van der Waals surface area contributed by atoms with Crippen LogP contribution in [0.25, 0.3) is 0 Å². The van der Waals surface area contributed by atoms with Gasteiger partial charge < -0.3 is 15.4 Å². The lowest BCUT2D eigenvalue weighted by Crippen LogP contribution is -2.39. The van der Waals surface area contributed by atoms with Crippen molar-refractivity contribution in [1.29, 1.82) is 0 Å². The maximum absolute atomic E-state index is 12.0. The summed E-state index contributed by atoms with van der Waals surface area (Å²) in [4.78, 5) is 11.7. The van der Waals surface area contributed by atoms with Crippen molar-refractivity contribution in [2.75, 3.05) is 39.9 Å². The summed E-state index contributed by atoms with van der Waals surface area (Å²) in [5.41, 5.74) is 0.993. The van der Waals surface area contributed by atoms with E-state index in [1.807, 2.05) is 6.92 Å². The Bertz CT molecular complexity index is 558. The molecule has 0 radical (unpaired) electrons. The molecule has 0 fully saturated rings. The highest BCUT2D eigenvalue weighted by Crippen LogP contribution is 2.09. The van der Waals surface area contributed by atoms with Crippen LogP contribution in [-0.2, 0) is 19.6 Å². The first-order chi connectivity index (χ1) is 10.5. The predicted molar refractivity (Wildman–Crippen MR) is 84.1 cm³/mol. The number of amides is 1. The first-order valence-corrected chi connectivity index (χ1v) is 8.46. The molecule has 0 aliphatic rings. The third-order valence-corrected chi connectivity index (χ3v) is 4.32. The minimum Gasteiger partial charge on any atom is -0.383 e. The van der Waals surface area contributed by atoms with Gasteiger partial charge in [-0.3, -0.25) is 4.79 Å². The lowest BCUT2D eigenvalue weighted by Gasteiger charge is -2.09. The Morgan fingerprint density at radius 2 is 1.82 bits per heavy atom. The van der Waals surface area contributed by atoms with Crippen LogP contribution in [0.4, 0.5) is 0 Å². The van der Waals surface area contributed by atoms with Crippen LogP contribution in [0, 0.1) is 6.92 Å². The molecule has 3 N–H and O–H groups in total. The number of rotatable bonds is 10. The van der Waals surface area contributed by atoms with E-state index in [4.69, 9.17) is 4.74 Å². The van der Waals surface area contributed by atoms with Crippen LogP contribution < -0.4 is 15.4 Å². The minimum atomic E-state index is -3.53. The molecule has 0 bridgehead atoms. The van der Waals surface area contributed by atoms with Crippen LogP contribution in [-0.4, -0.2) is 54.2 Å². The molecule has 0 saturated carbocycles. The van der Waals surface area contributed by atoms with Gasteiger partial charge in [-0.2, -0.15) is 0 Å². The zero-order valence-electron chi connectivity index (χ0n) is 12.9. The zero-order chi connectivity index (χ0) is 16.4. The molecule has 0 unspecified atom stereocenters. The van der Waals surface area contributed by atoms with Gasteiger partial charge in [-0.1, -0.05) is 17.7 Å². The molecule has 0 aliphatic heterocycles. The summed E-state index contributed by atoms with van der Waals surface area (Å²) in [7, 11) is -1.95. The molecule has 1 amide bonds. The minimum absolute atomic E-state index is 0.139. The summed E-state index contributed by atoms with van der Waals surface area (Å²) in [6.45, 7) is 3.55. The fourth-order valence-electron chi connectivity index (χ4n) is 1.63. The average Bonchev–Trinajstić information content (AvgIpc) is 2.49. The van der Waals surface area contributed by atoms with Gasteiger partial charge in [-0.05, 0) is 19.1 Å². The second-order valence-electron chi connectivity index (χ2n) is 4.73. The van der Waals surface area contributed by atoms with Crippen molar-refractivity contribution in [3.05, 3.63) is 29.8 Å². The average molecular weight is 329 g/mol. The fraction of sp³-hybridized carbons (Fsp3) is 0.500. The summed E-state index contributed by atoms with van der Waals surface area (Å²) in [6.07, 6.45) is 0. The van der Waals surface area contributed by atoms with Crippen LogP contribution in [0.3, 0.4) is 0 Å². The number of sulfonamides is 1. The third-order valence-electron chi connectivity index (χ3n) is 2.84. The first-order valence-electron chi connectivity index (χ1n) is 6.98. The van der Waals surface area contributed by atoms with Crippen molar-refractivity contribution in [1.82, 2.24) is 15.4 Å². The van der Waals surface area contributed by atoms with Crippen LogP contribution in [0.5, 0.6) is 0 Å². The molecule has 1 aromatic carbocycles. The van der Waals surface area contributed by atoms with Crippen molar-refractivity contribution >= 4 is 15.9 Å². The highest BCUT2D eigenvalue weighted by Gasteiger charge is 2.12. The van der Waals surface area contributed by atoms with Gasteiger partial charge in [-0.25, -0.2) is 13.1 Å². The Morgan fingerprint density at radius 1 is 1.14 bits per heavy atom. The van der Waals surface area contributed by atoms with Gasteiger partial charge in [-0.15, -0.1) is 0 Å². The summed E-state index contributed by atoms with van der Waals surface area (Å²) >= 11 is 0. The molecule has 0 saturated heterocycles. The number of nitrogens with one attached hydrogen (secondary N) is 3. The SMILES string of the molecule is COCCNCC(=O)NCCNS(=O)(=O)c1ccc(C)cc1. The fourth-order valence-corrected chi connectivity index (χ4v) is 2.66. The van der Waals surface area contributed by atoms with Crippen molar-refractivity contribution in [2.24, 2.45) is 0 Å². The van der Waals surface area contributed by atoms with Crippen LogP contribution in [0.1, 0.15) is 5.56 Å². The van der Waals surface area contributed by atoms with Gasteiger partial charge in [0.25, 0.3) is 0 Å². The topological polar surface area (TPSA) is 96.5 Å². The molecule has 1 rings (SSSR count). The van der Waals surface area contributed by atoms with E-state index in [0.29, 0.717) is 13.2 Å². The number of ether oxygens (including phenoxy) is 1. The molecule has 8 heteroatoms. The molecule has 0 heterocycles. The molecule has 1 aromatic rings. The number of carbonyl (C=O) groups is 1. The van der Waals surface area contributed by atoms with E-state index < -0.39 is 10.0 Å². The molecule has 0 spiro atoms. The number of benzene rings is 1. The molecule has 0 aromatic heterocycles. The van der Waals surface area contributed by atoms with Gasteiger partial charge in [0.05, 0.1) is 18.0 Å². The van der Waals surface area contributed by atoms with Gasteiger partial charge in [0.2, 0.25) is 15.9 Å². The Morgan fingerprint density at radius 3 is 2.45 bits per heavy atom. The maximum atomic E-state index is 12.0. The van der Waals surface area contributed by atoms with E-state index in [0.717, 1.165) is 5.56 Å². The molecule has 0 atom stereocenters. The molecular weight excluding hydrogens is 306 g/mol. The van der Waals surface area contributed by atoms with Gasteiger partial charge >= 0.3 is 0 Å². The largest absolute Gasteiger partial charge is 0.383 e. The number of carbonyl (C=O) groups excluding carboxylic acids is 1. The quantitative estimate of drug-likeness (QED) is 0.509. The summed E-state index contributed by atoms with van der Waals surface area (Å²) in [5, 5.41) is 5.52. The van der Waals surface area contributed by atoms with Crippen LogP contribution in [0.15, 0.2) is 29.2 Å². The van der Waals surface area contributed by atoms with Gasteiger partial charge in [0.1, 0.15) is 0 Å². The van der Waals surface area contributed by atoms with E-state index in [9.17, 15) is 13.2 Å². The molecule has 124 valence electrons. The normalized spacial score (nSPS) is 11.4. The van der Waals surface area contributed by atoms with Crippen molar-refractivity contribution in [2.45, 2.75) is 11.8 Å². The summed E-state index contributed by atoms with van der Waals surface area (Å²) in [5.74, 6) is -0.189. The summed E-state index contributed by atoms with van der Waals surface area (Å²) in [6, 6.07) is 6.58. The number of hydrogen-bond donors (Lipinski definition) is 3. The predicted octanol–water partition coefficient (Wildman–Crippen LogP) is -0.374. The van der Waals surface area contributed by atoms with Crippen molar-refractivity contribution in [3.8, 4) is 0 Å². The molecule has 7 nitrogen and oxygen atoms in total. The number of aryl methyl sites for hydroxylation is 1. The van der Waals surface area contributed by atoms with Gasteiger partial charge in [0, 0.05) is 26.7 Å². The zero-order valence-corrected chi connectivity index (χ0v) is 13.7. The third kappa shape index (κ3) is 6.99. The van der Waals surface area contributed by atoms with Crippen molar-refractivity contribution < 1.29 is 17.9 Å². The number of hydrogen-bond acceptors (Lipinski definition) is 5. The highest BCUT2D eigenvalue weighted by molar-refractivity contribution is 7.89. The molecular formula is C14H23N3O4S. The van der Waals surface area contributed by atoms with E-state index >= 15 is 0 Å².